The fourth-order valence-corrected chi connectivity index (χ4v) is 3.72. The summed E-state index contributed by atoms with van der Waals surface area (Å²) in [5, 5.41) is 2.98. The van der Waals surface area contributed by atoms with E-state index in [1.54, 1.807) is 36.4 Å². The molecule has 0 unspecified atom stereocenters. The molecule has 132 valence electrons. The van der Waals surface area contributed by atoms with E-state index in [0.29, 0.717) is 10.7 Å². The van der Waals surface area contributed by atoms with E-state index in [1.807, 2.05) is 4.72 Å². The third-order valence-corrected chi connectivity index (χ3v) is 5.55. The second-order valence-corrected chi connectivity index (χ2v) is 7.87. The molecule has 2 aromatic rings. The van der Waals surface area contributed by atoms with Gasteiger partial charge in [-0.15, -0.1) is 0 Å². The number of rotatable bonds is 4. The molecule has 1 aliphatic heterocycles. The first-order chi connectivity index (χ1) is 11.9. The van der Waals surface area contributed by atoms with E-state index >= 15 is 0 Å². The summed E-state index contributed by atoms with van der Waals surface area (Å²) < 4.78 is 26.6. The quantitative estimate of drug-likeness (QED) is 0.852. The van der Waals surface area contributed by atoms with Crippen LogP contribution >= 0.6 is 11.6 Å². The van der Waals surface area contributed by atoms with Gasteiger partial charge in [0, 0.05) is 29.5 Å². The zero-order valence-electron chi connectivity index (χ0n) is 13.4. The first-order valence-corrected chi connectivity index (χ1v) is 9.74. The molecule has 8 heteroatoms. The number of sulfonamides is 1. The van der Waals surface area contributed by atoms with Crippen molar-refractivity contribution in [1.29, 1.82) is 0 Å². The summed E-state index contributed by atoms with van der Waals surface area (Å²) in [5.74, 6) is 0. The summed E-state index contributed by atoms with van der Waals surface area (Å²) in [6.07, 6.45) is 2.29. The summed E-state index contributed by atoms with van der Waals surface area (Å²) in [6.45, 7) is 1.96. The molecule has 1 fully saturated rings. The number of nitrogens with zero attached hydrogens (tertiary/aromatic N) is 1. The predicted octanol–water partition coefficient (Wildman–Crippen LogP) is 3.45. The van der Waals surface area contributed by atoms with Crippen LogP contribution < -0.4 is 14.9 Å². The average molecular weight is 380 g/mol. The van der Waals surface area contributed by atoms with Crippen molar-refractivity contribution in [3.05, 3.63) is 53.6 Å². The maximum absolute atomic E-state index is 12.3. The lowest BCUT2D eigenvalue weighted by molar-refractivity contribution is 0.256. The van der Waals surface area contributed by atoms with Gasteiger partial charge in [0.25, 0.3) is 10.0 Å². The molecule has 3 rings (SSSR count). The average Bonchev–Trinajstić information content (AvgIpc) is 3.11. The minimum Gasteiger partial charge on any atom is -0.372 e. The molecule has 2 N–H and O–H groups in total. The van der Waals surface area contributed by atoms with E-state index in [-0.39, 0.29) is 4.90 Å². The summed E-state index contributed by atoms with van der Waals surface area (Å²) in [4.78, 5) is 14.2. The molecule has 2 aromatic carbocycles. The molecule has 1 aliphatic rings. The number of amides is 2. The van der Waals surface area contributed by atoms with Crippen molar-refractivity contribution in [1.82, 2.24) is 4.72 Å². The smallest absolute Gasteiger partial charge is 0.333 e. The fourth-order valence-electron chi connectivity index (χ4n) is 2.68. The van der Waals surface area contributed by atoms with Gasteiger partial charge in [0.1, 0.15) is 0 Å². The number of hydrogen-bond acceptors (Lipinski definition) is 4. The highest BCUT2D eigenvalue weighted by atomic mass is 35.5. The minimum atomic E-state index is -3.93. The summed E-state index contributed by atoms with van der Waals surface area (Å²) >= 11 is 5.77. The van der Waals surface area contributed by atoms with Crippen LogP contribution in [0.4, 0.5) is 16.2 Å². The number of anilines is 2. The Hall–Kier alpha value is -2.25. The summed E-state index contributed by atoms with van der Waals surface area (Å²) in [6, 6.07) is 12.1. The molecule has 0 bridgehead atoms. The van der Waals surface area contributed by atoms with Crippen molar-refractivity contribution < 1.29 is 13.2 Å². The van der Waals surface area contributed by atoms with Gasteiger partial charge in [0.15, 0.2) is 0 Å². The Balaban J connectivity index is 1.66. The molecule has 0 aliphatic carbocycles. The summed E-state index contributed by atoms with van der Waals surface area (Å²) in [7, 11) is -3.93. The van der Waals surface area contributed by atoms with Crippen LogP contribution in [0, 0.1) is 0 Å². The number of carbonyl (C=O) groups is 1. The lowest BCUT2D eigenvalue weighted by Gasteiger charge is -2.17. The van der Waals surface area contributed by atoms with Crippen molar-refractivity contribution in [2.24, 2.45) is 0 Å². The van der Waals surface area contributed by atoms with Gasteiger partial charge in [-0.2, -0.15) is 0 Å². The van der Waals surface area contributed by atoms with E-state index in [9.17, 15) is 13.2 Å². The normalized spacial score (nSPS) is 14.4. The standard InChI is InChI=1S/C17H18ClN3O3S/c18-13-3-5-14(6-4-13)19-17(22)20-25(23,24)16-9-7-15(8-10-16)21-11-1-2-12-21/h3-10H,1-2,11-12H2,(H2,19,20,22). The monoisotopic (exact) mass is 379 g/mol. The lowest BCUT2D eigenvalue weighted by Crippen LogP contribution is -2.34. The van der Waals surface area contributed by atoms with E-state index in [1.165, 1.54) is 12.1 Å². The number of hydrogen-bond donors (Lipinski definition) is 2. The number of halogens is 1. The Morgan fingerprint density at radius 1 is 0.960 bits per heavy atom. The molecule has 6 nitrogen and oxygen atoms in total. The molecular formula is C17H18ClN3O3S. The first-order valence-electron chi connectivity index (χ1n) is 7.88. The van der Waals surface area contributed by atoms with Gasteiger partial charge in [-0.25, -0.2) is 17.9 Å². The predicted molar refractivity (Wildman–Crippen MR) is 98.7 cm³/mol. The molecule has 25 heavy (non-hydrogen) atoms. The van der Waals surface area contributed by atoms with E-state index in [0.717, 1.165) is 31.6 Å². The van der Waals surface area contributed by atoms with Gasteiger partial charge in [0.2, 0.25) is 0 Å². The maximum atomic E-state index is 12.3. The van der Waals surface area contributed by atoms with Crippen LogP contribution in [-0.4, -0.2) is 27.5 Å². The zero-order valence-corrected chi connectivity index (χ0v) is 15.0. The van der Waals surface area contributed by atoms with E-state index < -0.39 is 16.1 Å². The Kier molecular flexibility index (Phi) is 5.15. The van der Waals surface area contributed by atoms with Gasteiger partial charge in [-0.3, -0.25) is 0 Å². The highest BCUT2D eigenvalue weighted by molar-refractivity contribution is 7.90. The molecule has 0 aromatic heterocycles. The topological polar surface area (TPSA) is 78.5 Å². The van der Waals surface area contributed by atoms with Gasteiger partial charge in [0.05, 0.1) is 4.90 Å². The van der Waals surface area contributed by atoms with Crippen LogP contribution in [0.2, 0.25) is 5.02 Å². The van der Waals surface area contributed by atoms with Gasteiger partial charge in [-0.1, -0.05) is 11.6 Å². The van der Waals surface area contributed by atoms with Crippen LogP contribution in [0.5, 0.6) is 0 Å². The number of nitrogens with one attached hydrogen (secondary N) is 2. The third kappa shape index (κ3) is 4.43. The summed E-state index contributed by atoms with van der Waals surface area (Å²) in [5.41, 5.74) is 1.43. The van der Waals surface area contributed by atoms with E-state index in [4.69, 9.17) is 11.6 Å². The zero-order chi connectivity index (χ0) is 17.9. The maximum Gasteiger partial charge on any atom is 0.333 e. The fraction of sp³-hybridized carbons (Fsp3) is 0.235. The van der Waals surface area contributed by atoms with Crippen LogP contribution in [-0.2, 0) is 10.0 Å². The number of urea groups is 1. The van der Waals surface area contributed by atoms with Crippen molar-refractivity contribution in [3.8, 4) is 0 Å². The van der Waals surface area contributed by atoms with Crippen LogP contribution in [0.3, 0.4) is 0 Å². The van der Waals surface area contributed by atoms with Crippen LogP contribution in [0.25, 0.3) is 0 Å². The van der Waals surface area contributed by atoms with Gasteiger partial charge < -0.3 is 10.2 Å². The Morgan fingerprint density at radius 3 is 2.16 bits per heavy atom. The van der Waals surface area contributed by atoms with Crippen molar-refractivity contribution in [2.45, 2.75) is 17.7 Å². The largest absolute Gasteiger partial charge is 0.372 e. The number of benzene rings is 2. The molecule has 0 radical (unpaired) electrons. The van der Waals surface area contributed by atoms with Crippen molar-refractivity contribution in [3.63, 3.8) is 0 Å². The van der Waals surface area contributed by atoms with Gasteiger partial charge >= 0.3 is 6.03 Å². The van der Waals surface area contributed by atoms with Crippen LogP contribution in [0.1, 0.15) is 12.8 Å². The highest BCUT2D eigenvalue weighted by Gasteiger charge is 2.19. The van der Waals surface area contributed by atoms with Crippen LogP contribution in [0.15, 0.2) is 53.4 Å². The lowest BCUT2D eigenvalue weighted by atomic mass is 10.3. The first kappa shape index (κ1) is 17.6. The second-order valence-electron chi connectivity index (χ2n) is 5.75. The van der Waals surface area contributed by atoms with Crippen molar-refractivity contribution >= 4 is 39.0 Å². The second kappa shape index (κ2) is 7.33. The minimum absolute atomic E-state index is 0.0432. The molecule has 2 amide bonds. The number of carbonyl (C=O) groups excluding carboxylic acids is 1. The highest BCUT2D eigenvalue weighted by Crippen LogP contribution is 2.22. The molecule has 1 saturated heterocycles. The molecule has 0 atom stereocenters. The molecule has 0 saturated carbocycles. The molecular weight excluding hydrogens is 362 g/mol. The van der Waals surface area contributed by atoms with Gasteiger partial charge in [-0.05, 0) is 61.4 Å². The SMILES string of the molecule is O=C(Nc1ccc(Cl)cc1)NS(=O)(=O)c1ccc(N2CCCC2)cc1. The third-order valence-electron chi connectivity index (χ3n) is 3.95. The molecule has 0 spiro atoms. The Morgan fingerprint density at radius 2 is 1.56 bits per heavy atom. The Labute approximate surface area is 151 Å². The Bertz CT molecular complexity index is 846. The van der Waals surface area contributed by atoms with Crippen molar-refractivity contribution in [2.75, 3.05) is 23.3 Å². The molecule has 1 heterocycles. The van der Waals surface area contributed by atoms with E-state index in [2.05, 4.69) is 10.2 Å².